The van der Waals surface area contributed by atoms with Gasteiger partial charge in [0.25, 0.3) is 0 Å². The second-order valence-corrected chi connectivity index (χ2v) is 7.13. The maximum atomic E-state index is 10.8. The van der Waals surface area contributed by atoms with Crippen LogP contribution in [0.15, 0.2) is 84.0 Å². The van der Waals surface area contributed by atoms with Crippen molar-refractivity contribution in [1.82, 2.24) is 0 Å². The Bertz CT molecular complexity index is 1110. The van der Waals surface area contributed by atoms with Crippen molar-refractivity contribution in [2.24, 2.45) is 5.16 Å². The average molecular weight is 483 g/mol. The molecule has 0 heterocycles. The van der Waals surface area contributed by atoms with Crippen molar-refractivity contribution in [3.05, 3.63) is 95.6 Å². The van der Waals surface area contributed by atoms with E-state index in [2.05, 4.69) is 5.16 Å². The number of carbonyl (C=O) groups is 1. The Morgan fingerprint density at radius 3 is 2.18 bits per heavy atom. The summed E-state index contributed by atoms with van der Waals surface area (Å²) >= 11 is 0. The molecule has 0 aromatic heterocycles. The zero-order valence-corrected chi connectivity index (χ0v) is 22.3. The van der Waals surface area contributed by atoms with E-state index in [9.17, 15) is 9.90 Å². The van der Waals surface area contributed by atoms with Crippen molar-refractivity contribution < 1.29 is 75.6 Å². The number of oxime groups is 1. The van der Waals surface area contributed by atoms with E-state index >= 15 is 0 Å². The second kappa shape index (κ2) is 14.6. The van der Waals surface area contributed by atoms with Crippen molar-refractivity contribution in [3.8, 4) is 17.6 Å². The molecular formula is C26H23KN2O5. The molecule has 0 spiro atoms. The summed E-state index contributed by atoms with van der Waals surface area (Å²) in [6.45, 7) is 0.614. The van der Waals surface area contributed by atoms with Crippen LogP contribution in [0, 0.1) is 11.3 Å². The van der Waals surface area contributed by atoms with Crippen LogP contribution in [0.2, 0.25) is 0 Å². The zero-order valence-electron chi connectivity index (χ0n) is 19.1. The van der Waals surface area contributed by atoms with Crippen LogP contribution in [0.4, 0.5) is 0 Å². The largest absolute Gasteiger partial charge is 1.00 e. The summed E-state index contributed by atoms with van der Waals surface area (Å²) < 4.78 is 11.6. The summed E-state index contributed by atoms with van der Waals surface area (Å²) in [5, 5.41) is 23.9. The third-order valence-electron chi connectivity index (χ3n) is 4.82. The summed E-state index contributed by atoms with van der Waals surface area (Å²) in [6.07, 6.45) is -0.338. The van der Waals surface area contributed by atoms with Crippen molar-refractivity contribution in [1.29, 1.82) is 5.26 Å². The number of hydrogen-bond donors (Lipinski definition) is 0. The molecule has 34 heavy (non-hydrogen) atoms. The van der Waals surface area contributed by atoms with E-state index < -0.39 is 11.9 Å². The Morgan fingerprint density at radius 2 is 1.59 bits per heavy atom. The standard InChI is InChI=1S/C26H24N2O5.K/c1-31-28-25(21-5-3-2-4-6-21)18-33-23-11-7-19(8-12-23)17-32-24-13-9-20(10-14-24)22(16-27)15-26(29)30;/h2-14,22H,15,17-18H2,1H3,(H,29,30);/q;+1/p-1/b28-25+;. The van der Waals surface area contributed by atoms with Crippen LogP contribution < -0.4 is 66.0 Å². The smallest absolute Gasteiger partial charge is 0.550 e. The van der Waals surface area contributed by atoms with Crippen LogP contribution in [-0.2, 0) is 16.2 Å². The van der Waals surface area contributed by atoms with Gasteiger partial charge in [0.15, 0.2) is 0 Å². The van der Waals surface area contributed by atoms with E-state index in [0.717, 1.165) is 11.1 Å². The van der Waals surface area contributed by atoms with E-state index in [1.165, 1.54) is 7.11 Å². The Labute approximate surface area is 241 Å². The van der Waals surface area contributed by atoms with Crippen LogP contribution >= 0.6 is 0 Å². The topological polar surface area (TPSA) is 104 Å². The summed E-state index contributed by atoms with van der Waals surface area (Å²) in [6, 6.07) is 26.0. The first-order valence-electron chi connectivity index (χ1n) is 10.3. The Hall–Kier alpha value is -2.67. The van der Waals surface area contributed by atoms with Gasteiger partial charge in [0.1, 0.15) is 37.5 Å². The minimum Gasteiger partial charge on any atom is -0.550 e. The van der Waals surface area contributed by atoms with Crippen LogP contribution in [0.1, 0.15) is 29.0 Å². The van der Waals surface area contributed by atoms with Crippen LogP contribution in [0.25, 0.3) is 0 Å². The summed E-state index contributed by atoms with van der Waals surface area (Å²) in [7, 11) is 1.50. The number of benzene rings is 3. The number of carbonyl (C=O) groups excluding carboxylic acids is 1. The van der Waals surface area contributed by atoms with E-state index in [1.807, 2.05) is 60.7 Å². The monoisotopic (exact) mass is 482 g/mol. The van der Waals surface area contributed by atoms with Gasteiger partial charge in [0, 0.05) is 18.0 Å². The molecule has 0 aliphatic rings. The SMILES string of the molecule is CO/N=C(\COc1ccc(COc2ccc(C(C#N)CC(=O)[O-])cc2)cc1)c1ccccc1.[K+]. The minimum absolute atomic E-state index is 0. The van der Waals surface area contributed by atoms with Gasteiger partial charge in [0.2, 0.25) is 0 Å². The van der Waals surface area contributed by atoms with Crippen LogP contribution in [0.3, 0.4) is 0 Å². The third kappa shape index (κ3) is 8.59. The minimum atomic E-state index is -1.25. The fourth-order valence-electron chi connectivity index (χ4n) is 3.10. The molecule has 0 fully saturated rings. The fraction of sp³-hybridized carbons (Fsp3) is 0.192. The van der Waals surface area contributed by atoms with E-state index in [4.69, 9.17) is 19.6 Å². The molecular weight excluding hydrogens is 459 g/mol. The number of rotatable bonds is 11. The molecule has 3 aromatic rings. The number of hydrogen-bond acceptors (Lipinski definition) is 7. The molecule has 0 N–H and O–H groups in total. The molecule has 168 valence electrons. The number of aliphatic carboxylic acids is 1. The maximum Gasteiger partial charge on any atom is 1.00 e. The number of carboxylic acids is 1. The van der Waals surface area contributed by atoms with Gasteiger partial charge in [0.05, 0.1) is 12.0 Å². The van der Waals surface area contributed by atoms with Gasteiger partial charge in [-0.25, -0.2) is 0 Å². The van der Waals surface area contributed by atoms with Gasteiger partial charge in [-0.3, -0.25) is 0 Å². The van der Waals surface area contributed by atoms with Gasteiger partial charge >= 0.3 is 51.4 Å². The Morgan fingerprint density at radius 1 is 0.971 bits per heavy atom. The average Bonchev–Trinajstić information content (AvgIpc) is 2.85. The van der Waals surface area contributed by atoms with E-state index in [1.54, 1.807) is 24.3 Å². The van der Waals surface area contributed by atoms with Crippen molar-refractivity contribution in [2.45, 2.75) is 18.9 Å². The van der Waals surface area contributed by atoms with Crippen LogP contribution in [-0.4, -0.2) is 25.4 Å². The van der Waals surface area contributed by atoms with Crippen molar-refractivity contribution in [3.63, 3.8) is 0 Å². The number of carboxylic acid groups (broad SMARTS) is 1. The van der Waals surface area contributed by atoms with Gasteiger partial charge < -0.3 is 24.2 Å². The van der Waals surface area contributed by atoms with E-state index in [0.29, 0.717) is 29.4 Å². The number of ether oxygens (including phenoxy) is 2. The van der Waals surface area contributed by atoms with Gasteiger partial charge in [-0.2, -0.15) is 5.26 Å². The molecule has 0 aliphatic carbocycles. The van der Waals surface area contributed by atoms with Crippen LogP contribution in [0.5, 0.6) is 11.5 Å². The van der Waals surface area contributed by atoms with Crippen molar-refractivity contribution >= 4 is 11.7 Å². The second-order valence-electron chi connectivity index (χ2n) is 7.13. The van der Waals surface area contributed by atoms with Gasteiger partial charge in [-0.1, -0.05) is 59.8 Å². The fourth-order valence-corrected chi connectivity index (χ4v) is 3.10. The Kier molecular flexibility index (Phi) is 11.8. The third-order valence-corrected chi connectivity index (χ3v) is 4.82. The van der Waals surface area contributed by atoms with Gasteiger partial charge in [-0.15, -0.1) is 0 Å². The molecule has 1 atom stereocenters. The predicted molar refractivity (Wildman–Crippen MR) is 121 cm³/mol. The van der Waals surface area contributed by atoms with Crippen molar-refractivity contribution in [2.75, 3.05) is 13.7 Å². The first-order valence-corrected chi connectivity index (χ1v) is 10.3. The predicted octanol–water partition coefficient (Wildman–Crippen LogP) is 0.446. The summed E-state index contributed by atoms with van der Waals surface area (Å²) in [5.74, 6) is -0.685. The number of nitriles is 1. The molecule has 0 saturated heterocycles. The summed E-state index contributed by atoms with van der Waals surface area (Å²) in [4.78, 5) is 15.7. The molecule has 0 bridgehead atoms. The quantitative estimate of drug-likeness (QED) is 0.223. The molecule has 1 unspecified atom stereocenters. The molecule has 8 heteroatoms. The molecule has 0 aliphatic heterocycles. The normalized spacial score (nSPS) is 11.5. The van der Waals surface area contributed by atoms with Gasteiger partial charge in [-0.05, 0) is 35.4 Å². The molecule has 7 nitrogen and oxygen atoms in total. The zero-order chi connectivity index (χ0) is 23.5. The first kappa shape index (κ1) is 27.6. The summed E-state index contributed by atoms with van der Waals surface area (Å²) in [5.41, 5.74) is 3.18. The number of nitrogens with zero attached hydrogens (tertiary/aromatic N) is 2. The first-order chi connectivity index (χ1) is 16.1. The Balaban J connectivity index is 0.00000408. The maximum absolute atomic E-state index is 10.8. The molecule has 3 aromatic carbocycles. The molecule has 0 amide bonds. The molecule has 0 saturated carbocycles. The van der Waals surface area contributed by atoms with E-state index in [-0.39, 0.29) is 64.4 Å². The molecule has 3 rings (SSSR count). The molecule has 0 radical (unpaired) electrons.